The van der Waals surface area contributed by atoms with Gasteiger partial charge in [0.2, 0.25) is 5.76 Å². The van der Waals surface area contributed by atoms with Crippen LogP contribution in [0.5, 0.6) is 0 Å². The first-order valence-corrected chi connectivity index (χ1v) is 3.83. The van der Waals surface area contributed by atoms with E-state index in [0.717, 1.165) is 0 Å². The third kappa shape index (κ3) is 1.90. The topological polar surface area (TPSA) is 55.8 Å². The SMILES string of the molecule is CC(C)COC1=C(O)COC1=O. The highest BCUT2D eigenvalue weighted by atomic mass is 16.6. The van der Waals surface area contributed by atoms with Crippen molar-refractivity contribution in [1.82, 2.24) is 0 Å². The van der Waals surface area contributed by atoms with E-state index in [9.17, 15) is 4.79 Å². The van der Waals surface area contributed by atoms with Crippen LogP contribution in [0.1, 0.15) is 13.8 Å². The molecule has 0 saturated heterocycles. The first-order valence-electron chi connectivity index (χ1n) is 3.83. The average Bonchev–Trinajstić information content (AvgIpc) is 2.28. The van der Waals surface area contributed by atoms with Crippen molar-refractivity contribution < 1.29 is 19.4 Å². The summed E-state index contributed by atoms with van der Waals surface area (Å²) in [5, 5.41) is 9.08. The first kappa shape index (κ1) is 8.90. The Morgan fingerprint density at radius 1 is 1.67 bits per heavy atom. The van der Waals surface area contributed by atoms with Crippen LogP contribution in [0.3, 0.4) is 0 Å². The van der Waals surface area contributed by atoms with Gasteiger partial charge in [0, 0.05) is 0 Å². The predicted molar refractivity (Wildman–Crippen MR) is 41.4 cm³/mol. The number of esters is 1. The van der Waals surface area contributed by atoms with Crippen molar-refractivity contribution in [3.63, 3.8) is 0 Å². The van der Waals surface area contributed by atoms with E-state index in [0.29, 0.717) is 12.5 Å². The number of aliphatic hydroxyl groups excluding tert-OH is 1. The van der Waals surface area contributed by atoms with E-state index in [2.05, 4.69) is 4.74 Å². The summed E-state index contributed by atoms with van der Waals surface area (Å²) in [6, 6.07) is 0. The predicted octanol–water partition coefficient (Wildman–Crippen LogP) is 0.985. The summed E-state index contributed by atoms with van der Waals surface area (Å²) in [5.74, 6) is -0.406. The lowest BCUT2D eigenvalue weighted by Crippen LogP contribution is -2.08. The van der Waals surface area contributed by atoms with Gasteiger partial charge in [-0.05, 0) is 5.92 Å². The molecule has 0 radical (unpaired) electrons. The maximum absolute atomic E-state index is 10.8. The van der Waals surface area contributed by atoms with Crippen LogP contribution >= 0.6 is 0 Å². The molecule has 1 aliphatic heterocycles. The van der Waals surface area contributed by atoms with Gasteiger partial charge in [0.25, 0.3) is 0 Å². The first-order chi connectivity index (χ1) is 5.61. The standard InChI is InChI=1S/C8H12O4/c1-5(2)3-11-7-6(9)4-12-8(7)10/h5,9H,3-4H2,1-2H3. The molecular weight excluding hydrogens is 160 g/mol. The fourth-order valence-corrected chi connectivity index (χ4v) is 0.775. The molecule has 1 N–H and O–H groups in total. The molecule has 0 saturated carbocycles. The molecule has 12 heavy (non-hydrogen) atoms. The molecule has 0 spiro atoms. The van der Waals surface area contributed by atoms with Crippen LogP contribution in [-0.4, -0.2) is 24.3 Å². The minimum Gasteiger partial charge on any atom is -0.505 e. The highest BCUT2D eigenvalue weighted by molar-refractivity contribution is 5.88. The lowest BCUT2D eigenvalue weighted by molar-refractivity contribution is -0.139. The van der Waals surface area contributed by atoms with Gasteiger partial charge in [0.15, 0.2) is 12.4 Å². The van der Waals surface area contributed by atoms with Gasteiger partial charge in [0.1, 0.15) is 0 Å². The minimum absolute atomic E-state index is 0.0382. The molecule has 4 heteroatoms. The maximum Gasteiger partial charge on any atom is 0.377 e. The van der Waals surface area contributed by atoms with Crippen molar-refractivity contribution in [1.29, 1.82) is 0 Å². The van der Waals surface area contributed by atoms with Crippen molar-refractivity contribution in [2.24, 2.45) is 5.92 Å². The largest absolute Gasteiger partial charge is 0.505 e. The van der Waals surface area contributed by atoms with Gasteiger partial charge in [-0.15, -0.1) is 0 Å². The van der Waals surface area contributed by atoms with Crippen LogP contribution in [0.4, 0.5) is 0 Å². The number of hydrogen-bond donors (Lipinski definition) is 1. The summed E-state index contributed by atoms with van der Waals surface area (Å²) in [6.45, 7) is 4.26. The van der Waals surface area contributed by atoms with Gasteiger partial charge in [-0.1, -0.05) is 13.8 Å². The quantitative estimate of drug-likeness (QED) is 0.645. The fraction of sp³-hybridized carbons (Fsp3) is 0.625. The molecule has 0 amide bonds. The third-order valence-electron chi connectivity index (χ3n) is 1.35. The number of hydrogen-bond acceptors (Lipinski definition) is 4. The summed E-state index contributed by atoms with van der Waals surface area (Å²) in [5.41, 5.74) is 0. The Morgan fingerprint density at radius 2 is 2.33 bits per heavy atom. The molecule has 0 aromatic heterocycles. The zero-order valence-electron chi connectivity index (χ0n) is 7.16. The van der Waals surface area contributed by atoms with Crippen molar-refractivity contribution in [3.8, 4) is 0 Å². The zero-order valence-corrected chi connectivity index (χ0v) is 7.16. The van der Waals surface area contributed by atoms with Crippen LogP contribution in [0.15, 0.2) is 11.5 Å². The zero-order chi connectivity index (χ0) is 9.14. The maximum atomic E-state index is 10.8. The van der Waals surface area contributed by atoms with E-state index >= 15 is 0 Å². The molecule has 0 atom stereocenters. The number of ether oxygens (including phenoxy) is 2. The van der Waals surface area contributed by atoms with Crippen LogP contribution in [-0.2, 0) is 14.3 Å². The van der Waals surface area contributed by atoms with Crippen LogP contribution in [0, 0.1) is 5.92 Å². The average molecular weight is 172 g/mol. The summed E-state index contributed by atoms with van der Waals surface area (Å²) < 4.78 is 9.57. The van der Waals surface area contributed by atoms with Crippen LogP contribution < -0.4 is 0 Å². The van der Waals surface area contributed by atoms with Gasteiger partial charge >= 0.3 is 5.97 Å². The van der Waals surface area contributed by atoms with Gasteiger partial charge in [-0.2, -0.15) is 0 Å². The van der Waals surface area contributed by atoms with E-state index < -0.39 is 5.97 Å². The van der Waals surface area contributed by atoms with Crippen LogP contribution in [0.2, 0.25) is 0 Å². The van der Waals surface area contributed by atoms with Gasteiger partial charge in [0.05, 0.1) is 6.61 Å². The number of cyclic esters (lactones) is 1. The molecule has 4 nitrogen and oxygen atoms in total. The molecule has 1 rings (SSSR count). The number of carbonyl (C=O) groups excluding carboxylic acids is 1. The Bertz CT molecular complexity index is 217. The second-order valence-corrected chi connectivity index (χ2v) is 3.06. The van der Waals surface area contributed by atoms with Crippen molar-refractivity contribution in [2.45, 2.75) is 13.8 Å². The highest BCUT2D eigenvalue weighted by Crippen LogP contribution is 2.15. The Morgan fingerprint density at radius 3 is 2.75 bits per heavy atom. The minimum atomic E-state index is -0.576. The van der Waals surface area contributed by atoms with Gasteiger partial charge in [-0.25, -0.2) is 4.79 Å². The number of aliphatic hydroxyl groups is 1. The number of carbonyl (C=O) groups is 1. The second-order valence-electron chi connectivity index (χ2n) is 3.06. The Kier molecular flexibility index (Phi) is 2.58. The molecule has 0 aliphatic carbocycles. The normalized spacial score (nSPS) is 17.1. The van der Waals surface area contributed by atoms with E-state index in [4.69, 9.17) is 9.84 Å². The van der Waals surface area contributed by atoms with Crippen LogP contribution in [0.25, 0.3) is 0 Å². The van der Waals surface area contributed by atoms with E-state index in [1.54, 1.807) is 0 Å². The fourth-order valence-electron chi connectivity index (χ4n) is 0.775. The molecule has 0 bridgehead atoms. The van der Waals surface area contributed by atoms with E-state index in [1.165, 1.54) is 0 Å². The molecule has 0 aromatic carbocycles. The second kappa shape index (κ2) is 3.47. The molecule has 1 aliphatic rings. The Labute approximate surface area is 70.8 Å². The Balaban J connectivity index is 2.50. The smallest absolute Gasteiger partial charge is 0.377 e. The number of rotatable bonds is 3. The molecular formula is C8H12O4. The Hall–Kier alpha value is -1.19. The summed E-state index contributed by atoms with van der Waals surface area (Å²) in [7, 11) is 0. The van der Waals surface area contributed by atoms with Crippen molar-refractivity contribution in [3.05, 3.63) is 11.5 Å². The van der Waals surface area contributed by atoms with Crippen molar-refractivity contribution in [2.75, 3.05) is 13.2 Å². The molecule has 0 aromatic rings. The lowest BCUT2D eigenvalue weighted by Gasteiger charge is -2.06. The molecule has 0 fully saturated rings. The summed E-state index contributed by atoms with van der Waals surface area (Å²) in [4.78, 5) is 10.8. The molecule has 68 valence electrons. The molecule has 0 unspecified atom stereocenters. The van der Waals surface area contributed by atoms with E-state index in [-0.39, 0.29) is 18.1 Å². The molecule has 1 heterocycles. The summed E-state index contributed by atoms with van der Waals surface area (Å²) >= 11 is 0. The van der Waals surface area contributed by atoms with Crippen molar-refractivity contribution >= 4 is 5.97 Å². The van der Waals surface area contributed by atoms with Gasteiger partial charge < -0.3 is 14.6 Å². The third-order valence-corrected chi connectivity index (χ3v) is 1.35. The van der Waals surface area contributed by atoms with E-state index in [1.807, 2.05) is 13.8 Å². The highest BCUT2D eigenvalue weighted by Gasteiger charge is 2.26. The monoisotopic (exact) mass is 172 g/mol. The summed E-state index contributed by atoms with van der Waals surface area (Å²) in [6.07, 6.45) is 0. The van der Waals surface area contributed by atoms with Gasteiger partial charge in [-0.3, -0.25) is 0 Å². The lowest BCUT2D eigenvalue weighted by atomic mass is 10.2.